The molecule has 4 rings (SSSR count). The van der Waals surface area contributed by atoms with Gasteiger partial charge in [0.1, 0.15) is 0 Å². The van der Waals surface area contributed by atoms with Crippen molar-refractivity contribution < 1.29 is 32.3 Å². The number of benzene rings is 2. The van der Waals surface area contributed by atoms with Crippen molar-refractivity contribution >= 4 is 23.5 Å². The quantitative estimate of drug-likeness (QED) is 0.340. The van der Waals surface area contributed by atoms with E-state index in [4.69, 9.17) is 4.74 Å². The van der Waals surface area contributed by atoms with Gasteiger partial charge in [-0.15, -0.1) is 0 Å². The average molecular weight is 557 g/mol. The van der Waals surface area contributed by atoms with E-state index >= 15 is 0 Å². The Morgan fingerprint density at radius 3 is 2.30 bits per heavy atom. The normalized spacial score (nSPS) is 17.2. The van der Waals surface area contributed by atoms with Gasteiger partial charge in [-0.1, -0.05) is 30.3 Å². The highest BCUT2D eigenvalue weighted by Crippen LogP contribution is 2.36. The molecule has 1 saturated carbocycles. The van der Waals surface area contributed by atoms with E-state index in [-0.39, 0.29) is 24.8 Å². The van der Waals surface area contributed by atoms with Crippen LogP contribution in [0.2, 0.25) is 0 Å². The maximum Gasteiger partial charge on any atom is 0.435 e. The molecule has 0 radical (unpaired) electrons. The van der Waals surface area contributed by atoms with Gasteiger partial charge in [0, 0.05) is 31.8 Å². The van der Waals surface area contributed by atoms with Crippen molar-refractivity contribution in [1.29, 1.82) is 0 Å². The highest BCUT2D eigenvalue weighted by atomic mass is 19.4. The van der Waals surface area contributed by atoms with Gasteiger partial charge in [-0.3, -0.25) is 14.4 Å². The molecule has 0 bridgehead atoms. The third kappa shape index (κ3) is 7.71. The molecule has 212 valence electrons. The lowest BCUT2D eigenvalue weighted by Gasteiger charge is -2.28. The zero-order valence-electron chi connectivity index (χ0n) is 22.0. The molecule has 1 fully saturated rings. The van der Waals surface area contributed by atoms with Crippen LogP contribution in [0.4, 0.5) is 18.9 Å². The lowest BCUT2D eigenvalue weighted by molar-refractivity contribution is -0.143. The van der Waals surface area contributed by atoms with Crippen LogP contribution < -0.4 is 10.6 Å². The number of alkyl halides is 3. The van der Waals surface area contributed by atoms with Crippen LogP contribution >= 0.6 is 0 Å². The minimum absolute atomic E-state index is 0.117. The first-order valence-electron chi connectivity index (χ1n) is 13.1. The van der Waals surface area contributed by atoms with Crippen LogP contribution in [0.5, 0.6) is 0 Å². The number of hydrogen-bond donors (Lipinski definition) is 2. The Morgan fingerprint density at radius 1 is 1.00 bits per heavy atom. The number of ether oxygens (including phenoxy) is 1. The molecular formula is C29H31F3N4O4. The van der Waals surface area contributed by atoms with E-state index in [1.165, 1.54) is 12.5 Å². The number of carbonyl (C=O) groups excluding carboxylic acids is 3. The molecule has 0 atom stereocenters. The first-order valence-corrected chi connectivity index (χ1v) is 13.1. The second-order valence-electron chi connectivity index (χ2n) is 9.87. The molecule has 3 aromatic rings. The predicted octanol–water partition coefficient (Wildman–Crippen LogP) is 5.49. The molecule has 0 aliphatic heterocycles. The van der Waals surface area contributed by atoms with E-state index < -0.39 is 23.3 Å². The predicted molar refractivity (Wildman–Crippen MR) is 142 cm³/mol. The van der Waals surface area contributed by atoms with Crippen molar-refractivity contribution in [2.75, 3.05) is 18.5 Å². The second-order valence-corrected chi connectivity index (χ2v) is 9.87. The minimum Gasteiger partial charge on any atom is -0.466 e. The standard InChI is InChI=1S/C29H31F3N4O4/c1-19(37)40-18-20-7-9-21(10-8-20)22-11-13-23(14-12-22)34-26(38)15-16-33-28(39)25-17-36(24-5-3-2-4-6-24)35-27(25)29(30,31)32/h2-6,11-14,17,20-21H,7-10,15-16,18H2,1H3,(H,33,39)(H,34,38). The van der Waals surface area contributed by atoms with Crippen LogP contribution in [0.3, 0.4) is 0 Å². The number of nitrogens with one attached hydrogen (secondary N) is 2. The van der Waals surface area contributed by atoms with Gasteiger partial charge in [-0.05, 0) is 67.3 Å². The summed E-state index contributed by atoms with van der Waals surface area (Å²) in [7, 11) is 0. The number of halogens is 3. The number of rotatable bonds is 9. The largest absolute Gasteiger partial charge is 0.466 e. The van der Waals surface area contributed by atoms with Gasteiger partial charge in [0.05, 0.1) is 17.9 Å². The van der Waals surface area contributed by atoms with E-state index in [9.17, 15) is 27.6 Å². The fraction of sp³-hybridized carbons (Fsp3) is 0.379. The van der Waals surface area contributed by atoms with Crippen LogP contribution in [0.25, 0.3) is 5.69 Å². The molecule has 1 aliphatic carbocycles. The minimum atomic E-state index is -4.82. The zero-order valence-corrected chi connectivity index (χ0v) is 22.0. The Kier molecular flexibility index (Phi) is 9.23. The monoisotopic (exact) mass is 556 g/mol. The molecule has 11 heteroatoms. The lowest BCUT2D eigenvalue weighted by Crippen LogP contribution is -2.29. The fourth-order valence-electron chi connectivity index (χ4n) is 4.81. The van der Waals surface area contributed by atoms with E-state index in [2.05, 4.69) is 15.7 Å². The summed E-state index contributed by atoms with van der Waals surface area (Å²) in [5, 5.41) is 8.69. The molecule has 0 saturated heterocycles. The molecule has 1 aromatic heterocycles. The molecule has 1 aliphatic rings. The van der Waals surface area contributed by atoms with Gasteiger partial charge >= 0.3 is 12.1 Å². The van der Waals surface area contributed by atoms with Gasteiger partial charge in [0.2, 0.25) is 5.91 Å². The Labute approximate surface area is 229 Å². The number of nitrogens with zero attached hydrogens (tertiary/aromatic N) is 2. The van der Waals surface area contributed by atoms with Crippen LogP contribution in [-0.4, -0.2) is 40.7 Å². The number of aromatic nitrogens is 2. The number of para-hydroxylation sites is 1. The van der Waals surface area contributed by atoms with Crippen molar-refractivity contribution in [3.8, 4) is 5.69 Å². The highest BCUT2D eigenvalue weighted by Gasteiger charge is 2.39. The molecule has 0 spiro atoms. The summed E-state index contributed by atoms with van der Waals surface area (Å²) in [5.74, 6) is -0.807. The van der Waals surface area contributed by atoms with E-state index in [1.54, 1.807) is 30.3 Å². The van der Waals surface area contributed by atoms with E-state index in [1.807, 2.05) is 24.3 Å². The number of esters is 1. The maximum atomic E-state index is 13.5. The van der Waals surface area contributed by atoms with Gasteiger partial charge in [0.25, 0.3) is 5.91 Å². The zero-order chi connectivity index (χ0) is 28.7. The summed E-state index contributed by atoms with van der Waals surface area (Å²) in [6, 6.07) is 15.7. The number of anilines is 1. The highest BCUT2D eigenvalue weighted by molar-refractivity contribution is 5.96. The lowest BCUT2D eigenvalue weighted by atomic mass is 9.79. The molecular weight excluding hydrogens is 525 g/mol. The third-order valence-corrected chi connectivity index (χ3v) is 6.92. The summed E-state index contributed by atoms with van der Waals surface area (Å²) < 4.78 is 46.7. The van der Waals surface area contributed by atoms with Crippen LogP contribution in [-0.2, 0) is 20.5 Å². The van der Waals surface area contributed by atoms with Crippen molar-refractivity contribution in [3.05, 3.63) is 77.6 Å². The van der Waals surface area contributed by atoms with Crippen molar-refractivity contribution in [2.24, 2.45) is 5.92 Å². The smallest absolute Gasteiger partial charge is 0.435 e. The SMILES string of the molecule is CC(=O)OCC1CCC(c2ccc(NC(=O)CCNC(=O)c3cn(-c4ccccc4)nc3C(F)(F)F)cc2)CC1. The topological polar surface area (TPSA) is 102 Å². The van der Waals surface area contributed by atoms with Crippen LogP contribution in [0.1, 0.15) is 66.6 Å². The van der Waals surface area contributed by atoms with E-state index in [0.29, 0.717) is 29.8 Å². The van der Waals surface area contributed by atoms with Crippen molar-refractivity contribution in [1.82, 2.24) is 15.1 Å². The molecule has 2 N–H and O–H groups in total. The number of amides is 2. The molecule has 2 aromatic carbocycles. The number of hydrogen-bond acceptors (Lipinski definition) is 5. The molecule has 0 unspecified atom stereocenters. The summed E-state index contributed by atoms with van der Waals surface area (Å²) in [5.41, 5.74) is 0.230. The average Bonchev–Trinajstić information content (AvgIpc) is 3.40. The van der Waals surface area contributed by atoms with Crippen molar-refractivity contribution in [3.63, 3.8) is 0 Å². The third-order valence-electron chi connectivity index (χ3n) is 6.92. The molecule has 1 heterocycles. The number of carbonyl (C=O) groups is 3. The Bertz CT molecular complexity index is 1320. The van der Waals surface area contributed by atoms with Gasteiger partial charge in [0.15, 0.2) is 5.69 Å². The molecule has 40 heavy (non-hydrogen) atoms. The maximum absolute atomic E-state index is 13.5. The summed E-state index contributed by atoms with van der Waals surface area (Å²) in [6.45, 7) is 1.74. The van der Waals surface area contributed by atoms with Gasteiger partial charge < -0.3 is 15.4 Å². The Morgan fingerprint density at radius 2 is 1.68 bits per heavy atom. The van der Waals surface area contributed by atoms with Crippen LogP contribution in [0.15, 0.2) is 60.8 Å². The summed E-state index contributed by atoms with van der Waals surface area (Å²) in [4.78, 5) is 35.9. The van der Waals surface area contributed by atoms with Crippen LogP contribution in [0, 0.1) is 5.92 Å². The fourth-order valence-corrected chi connectivity index (χ4v) is 4.81. The first-order chi connectivity index (χ1) is 19.1. The van der Waals surface area contributed by atoms with Gasteiger partial charge in [-0.2, -0.15) is 18.3 Å². The Hall–Kier alpha value is -4.15. The van der Waals surface area contributed by atoms with Gasteiger partial charge in [-0.25, -0.2) is 4.68 Å². The summed E-state index contributed by atoms with van der Waals surface area (Å²) in [6.07, 6.45) is 0.0591. The first kappa shape index (κ1) is 28.8. The Balaban J connectivity index is 1.26. The molecule has 8 nitrogen and oxygen atoms in total. The van der Waals surface area contributed by atoms with Crippen molar-refractivity contribution in [2.45, 2.75) is 51.1 Å². The second kappa shape index (κ2) is 12.8. The van der Waals surface area contributed by atoms with E-state index in [0.717, 1.165) is 36.6 Å². The summed E-state index contributed by atoms with van der Waals surface area (Å²) >= 11 is 0. The molecule has 2 amide bonds.